The van der Waals surface area contributed by atoms with E-state index in [0.29, 0.717) is 17.2 Å². The van der Waals surface area contributed by atoms with Crippen molar-refractivity contribution in [2.75, 3.05) is 18.0 Å². The summed E-state index contributed by atoms with van der Waals surface area (Å²) in [5.41, 5.74) is 0.970. The Morgan fingerprint density at radius 2 is 2.04 bits per heavy atom. The molecule has 1 aliphatic heterocycles. The largest absolute Gasteiger partial charge is 0.451 e. The Hall–Kier alpha value is -3.09. The molecule has 1 amide bonds. The molecule has 0 bridgehead atoms. The number of benzene rings is 1. The van der Waals surface area contributed by atoms with Gasteiger partial charge in [-0.1, -0.05) is 18.2 Å². The lowest BCUT2D eigenvalue weighted by Gasteiger charge is -2.18. The van der Waals surface area contributed by atoms with Crippen molar-refractivity contribution < 1.29 is 9.21 Å². The van der Waals surface area contributed by atoms with E-state index in [1.807, 2.05) is 24.3 Å². The fraction of sp³-hybridized carbons (Fsp3) is 0.316. The van der Waals surface area contributed by atoms with E-state index < -0.39 is 6.04 Å². The van der Waals surface area contributed by atoms with Crippen LogP contribution >= 0.6 is 0 Å². The van der Waals surface area contributed by atoms with Crippen LogP contribution in [0.4, 0.5) is 5.95 Å². The number of carbonyl (C=O) groups excluding carboxylic acids is 1. The molecule has 7 nitrogen and oxygen atoms in total. The molecule has 3 heterocycles. The van der Waals surface area contributed by atoms with E-state index in [4.69, 9.17) is 4.42 Å². The summed E-state index contributed by atoms with van der Waals surface area (Å²) in [5, 5.41) is 3.72. The lowest BCUT2D eigenvalue weighted by Crippen LogP contribution is -2.30. The van der Waals surface area contributed by atoms with Gasteiger partial charge in [-0.2, -0.15) is 0 Å². The van der Waals surface area contributed by atoms with Gasteiger partial charge >= 0.3 is 0 Å². The van der Waals surface area contributed by atoms with Gasteiger partial charge in [0.15, 0.2) is 5.76 Å². The lowest BCUT2D eigenvalue weighted by atomic mass is 10.2. The molecule has 1 aromatic carbocycles. The van der Waals surface area contributed by atoms with Gasteiger partial charge in [-0.15, -0.1) is 0 Å². The number of fused-ring (bicyclic) bond motifs is 1. The van der Waals surface area contributed by atoms with Gasteiger partial charge in [0.2, 0.25) is 5.95 Å². The van der Waals surface area contributed by atoms with Crippen molar-refractivity contribution in [3.63, 3.8) is 0 Å². The molecular weight excluding hydrogens is 332 g/mol. The molecule has 134 valence electrons. The van der Waals surface area contributed by atoms with Crippen LogP contribution < -0.4 is 15.8 Å². The Labute approximate surface area is 150 Å². The molecule has 0 spiro atoms. The minimum Gasteiger partial charge on any atom is -0.451 e. The number of hydrogen-bond donors (Lipinski definition) is 2. The molecular formula is C19H20N4O3. The zero-order valence-corrected chi connectivity index (χ0v) is 14.5. The number of amides is 1. The topological polar surface area (TPSA) is 91.2 Å². The average Bonchev–Trinajstić information content (AvgIpc) is 3.30. The molecule has 0 saturated carbocycles. The highest BCUT2D eigenvalue weighted by Crippen LogP contribution is 2.20. The molecule has 2 N–H and O–H groups in total. The Morgan fingerprint density at radius 3 is 2.81 bits per heavy atom. The number of anilines is 1. The highest BCUT2D eigenvalue weighted by atomic mass is 16.3. The van der Waals surface area contributed by atoms with E-state index >= 15 is 0 Å². The quantitative estimate of drug-likeness (QED) is 0.753. The van der Waals surface area contributed by atoms with Crippen molar-refractivity contribution in [3.05, 3.63) is 58.2 Å². The van der Waals surface area contributed by atoms with E-state index in [-0.39, 0.29) is 17.2 Å². The SMILES string of the molecule is CC(NC(=O)c1cc2ccccc2o1)c1cc(=O)[nH]c(N2CCCC2)n1. The second kappa shape index (κ2) is 6.67. The first kappa shape index (κ1) is 16.4. The molecule has 7 heteroatoms. The normalized spacial score (nSPS) is 15.3. The molecule has 26 heavy (non-hydrogen) atoms. The summed E-state index contributed by atoms with van der Waals surface area (Å²) in [6, 6.07) is 10.2. The van der Waals surface area contributed by atoms with Gasteiger partial charge < -0.3 is 14.6 Å². The zero-order valence-electron chi connectivity index (χ0n) is 14.5. The summed E-state index contributed by atoms with van der Waals surface area (Å²) in [5.74, 6) is 0.469. The van der Waals surface area contributed by atoms with Crippen LogP contribution in [0.15, 0.2) is 45.6 Å². The lowest BCUT2D eigenvalue weighted by molar-refractivity contribution is 0.0913. The van der Waals surface area contributed by atoms with E-state index in [0.717, 1.165) is 31.3 Å². The maximum Gasteiger partial charge on any atom is 0.287 e. The van der Waals surface area contributed by atoms with Crippen molar-refractivity contribution in [1.29, 1.82) is 0 Å². The zero-order chi connectivity index (χ0) is 18.1. The summed E-state index contributed by atoms with van der Waals surface area (Å²) in [6.45, 7) is 3.56. The van der Waals surface area contributed by atoms with E-state index in [9.17, 15) is 9.59 Å². The number of H-pyrrole nitrogens is 1. The van der Waals surface area contributed by atoms with Crippen molar-refractivity contribution in [1.82, 2.24) is 15.3 Å². The molecule has 3 aromatic rings. The van der Waals surface area contributed by atoms with Crippen molar-refractivity contribution >= 4 is 22.8 Å². The standard InChI is InChI=1S/C19H20N4O3/c1-12(14-11-17(24)22-19(21-14)23-8-4-5-9-23)20-18(25)16-10-13-6-2-3-7-15(13)26-16/h2-3,6-7,10-12H,4-5,8-9H2,1H3,(H,20,25)(H,21,22,24). The Kier molecular flexibility index (Phi) is 4.20. The van der Waals surface area contributed by atoms with Crippen LogP contribution in [0.25, 0.3) is 11.0 Å². The highest BCUT2D eigenvalue weighted by molar-refractivity contribution is 5.96. The van der Waals surface area contributed by atoms with Crippen LogP contribution in [-0.2, 0) is 0 Å². The maximum absolute atomic E-state index is 12.5. The number of rotatable bonds is 4. The molecule has 1 saturated heterocycles. The Morgan fingerprint density at radius 1 is 1.27 bits per heavy atom. The molecule has 1 aliphatic rings. The summed E-state index contributed by atoms with van der Waals surface area (Å²) >= 11 is 0. The second-order valence-corrected chi connectivity index (χ2v) is 6.53. The number of hydrogen-bond acceptors (Lipinski definition) is 5. The van der Waals surface area contributed by atoms with E-state index in [1.54, 1.807) is 13.0 Å². The number of furan rings is 1. The first-order valence-electron chi connectivity index (χ1n) is 8.76. The molecule has 1 atom stereocenters. The molecule has 0 radical (unpaired) electrons. The first-order chi connectivity index (χ1) is 12.6. The van der Waals surface area contributed by atoms with Gasteiger partial charge in [0.05, 0.1) is 11.7 Å². The third-order valence-electron chi connectivity index (χ3n) is 4.60. The van der Waals surface area contributed by atoms with E-state index in [1.165, 1.54) is 6.07 Å². The fourth-order valence-electron chi connectivity index (χ4n) is 3.20. The smallest absolute Gasteiger partial charge is 0.287 e. The van der Waals surface area contributed by atoms with Crippen molar-refractivity contribution in [2.24, 2.45) is 0 Å². The van der Waals surface area contributed by atoms with Crippen molar-refractivity contribution in [3.8, 4) is 0 Å². The number of aromatic nitrogens is 2. The van der Waals surface area contributed by atoms with Gasteiger partial charge in [0.1, 0.15) is 5.58 Å². The van der Waals surface area contributed by atoms with Gasteiger partial charge in [0.25, 0.3) is 11.5 Å². The highest BCUT2D eigenvalue weighted by Gasteiger charge is 2.20. The number of nitrogens with zero attached hydrogens (tertiary/aromatic N) is 2. The minimum atomic E-state index is -0.417. The third kappa shape index (κ3) is 3.20. The maximum atomic E-state index is 12.5. The van der Waals surface area contributed by atoms with Crippen LogP contribution in [0.5, 0.6) is 0 Å². The monoisotopic (exact) mass is 352 g/mol. The minimum absolute atomic E-state index is 0.221. The van der Waals surface area contributed by atoms with Crippen molar-refractivity contribution in [2.45, 2.75) is 25.8 Å². The molecule has 1 fully saturated rings. The Balaban J connectivity index is 1.54. The van der Waals surface area contributed by atoms with Crippen LogP contribution in [0.2, 0.25) is 0 Å². The van der Waals surface area contributed by atoms with Crippen LogP contribution in [0.1, 0.15) is 42.1 Å². The second-order valence-electron chi connectivity index (χ2n) is 6.53. The van der Waals surface area contributed by atoms with Gasteiger partial charge in [-0.05, 0) is 31.9 Å². The molecule has 1 unspecified atom stereocenters. The van der Waals surface area contributed by atoms with Crippen LogP contribution in [0.3, 0.4) is 0 Å². The van der Waals surface area contributed by atoms with Crippen LogP contribution in [-0.4, -0.2) is 29.0 Å². The first-order valence-corrected chi connectivity index (χ1v) is 8.76. The molecule has 4 rings (SSSR count). The van der Waals surface area contributed by atoms with Gasteiger partial charge in [-0.25, -0.2) is 4.98 Å². The van der Waals surface area contributed by atoms with Crippen LogP contribution in [0, 0.1) is 0 Å². The number of para-hydroxylation sites is 1. The summed E-state index contributed by atoms with van der Waals surface area (Å²) < 4.78 is 5.59. The fourth-order valence-corrected chi connectivity index (χ4v) is 3.20. The average molecular weight is 352 g/mol. The summed E-state index contributed by atoms with van der Waals surface area (Å²) in [7, 11) is 0. The summed E-state index contributed by atoms with van der Waals surface area (Å²) in [6.07, 6.45) is 2.18. The third-order valence-corrected chi connectivity index (χ3v) is 4.60. The predicted molar refractivity (Wildman–Crippen MR) is 98.4 cm³/mol. The van der Waals surface area contributed by atoms with Gasteiger partial charge in [0, 0.05) is 24.5 Å². The molecule has 0 aliphatic carbocycles. The Bertz CT molecular complexity index is 968. The number of nitrogens with one attached hydrogen (secondary N) is 2. The summed E-state index contributed by atoms with van der Waals surface area (Å²) in [4.78, 5) is 33.8. The predicted octanol–water partition coefficient (Wildman–Crippen LogP) is 2.61. The molecule has 2 aromatic heterocycles. The number of carbonyl (C=O) groups is 1. The van der Waals surface area contributed by atoms with Gasteiger partial charge in [-0.3, -0.25) is 14.6 Å². The number of aromatic amines is 1. The van der Waals surface area contributed by atoms with E-state index in [2.05, 4.69) is 20.2 Å².